The summed E-state index contributed by atoms with van der Waals surface area (Å²) in [7, 11) is -1.68. The van der Waals surface area contributed by atoms with Crippen molar-refractivity contribution in [3.05, 3.63) is 24.3 Å². The van der Waals surface area contributed by atoms with Gasteiger partial charge in [0.25, 0.3) is 0 Å². The number of rotatable bonds is 2. The van der Waals surface area contributed by atoms with Crippen LogP contribution < -0.4 is 9.92 Å². The maximum absolute atomic E-state index is 10.4. The van der Waals surface area contributed by atoms with Gasteiger partial charge in [-0.05, 0) is 33.9 Å². The number of hydrogen-bond donors (Lipinski definition) is 1. The second-order valence-electron chi connectivity index (χ2n) is 1.86. The van der Waals surface area contributed by atoms with Crippen LogP contribution >= 0.6 is 0 Å². The standard InChI is InChI=1S/C6H6NO2S2/c7-5-1-3-6(4-2-5)9-11(8)10/h1-4H,7H2/q-1. The molecule has 0 fully saturated rings. The van der Waals surface area contributed by atoms with Gasteiger partial charge in [0.2, 0.25) is 0 Å². The summed E-state index contributed by atoms with van der Waals surface area (Å²) in [5.74, 6) is 0.465. The first-order valence-electron chi connectivity index (χ1n) is 2.81. The number of hydrogen-bond acceptors (Lipinski definition) is 5. The number of nitrogen functional groups attached to an aromatic ring is 1. The largest absolute Gasteiger partial charge is 0.551 e. The third-order valence-corrected chi connectivity index (χ3v) is 1.58. The van der Waals surface area contributed by atoms with Crippen LogP contribution in [0.5, 0.6) is 5.75 Å². The fourth-order valence-electron chi connectivity index (χ4n) is 0.602. The molecule has 0 amide bonds. The van der Waals surface area contributed by atoms with E-state index >= 15 is 0 Å². The van der Waals surface area contributed by atoms with Gasteiger partial charge in [-0.3, -0.25) is 0 Å². The van der Waals surface area contributed by atoms with Gasteiger partial charge in [-0.1, -0.05) is 0 Å². The average Bonchev–Trinajstić information content (AvgIpc) is 1.93. The zero-order chi connectivity index (χ0) is 8.27. The molecule has 2 N–H and O–H groups in total. The highest BCUT2D eigenvalue weighted by Crippen LogP contribution is 2.12. The summed E-state index contributed by atoms with van der Waals surface area (Å²) in [5.41, 5.74) is 6.03. The molecule has 0 saturated carbocycles. The molecule has 60 valence electrons. The van der Waals surface area contributed by atoms with Gasteiger partial charge in [0.1, 0.15) is 5.75 Å². The van der Waals surface area contributed by atoms with Crippen molar-refractivity contribution < 1.29 is 8.39 Å². The van der Waals surface area contributed by atoms with E-state index in [1.807, 2.05) is 0 Å². The molecule has 1 rings (SSSR count). The lowest BCUT2D eigenvalue weighted by atomic mass is 10.3. The maximum Gasteiger partial charge on any atom is 0.100 e. The third-order valence-electron chi connectivity index (χ3n) is 1.04. The van der Waals surface area contributed by atoms with Crippen molar-refractivity contribution in [3.8, 4) is 5.75 Å². The lowest BCUT2D eigenvalue weighted by Crippen LogP contribution is -1.88. The van der Waals surface area contributed by atoms with Gasteiger partial charge in [-0.25, -0.2) is 0 Å². The second kappa shape index (κ2) is 3.54. The molecular formula is C6H6NO2S2-. The van der Waals surface area contributed by atoms with E-state index in [-0.39, 0.29) is 0 Å². The quantitative estimate of drug-likeness (QED) is 0.555. The summed E-state index contributed by atoms with van der Waals surface area (Å²) < 4.78 is 15.1. The maximum atomic E-state index is 10.4. The first kappa shape index (κ1) is 8.29. The summed E-state index contributed by atoms with van der Waals surface area (Å²) in [6, 6.07) is 6.52. The molecule has 3 nitrogen and oxygen atoms in total. The summed E-state index contributed by atoms with van der Waals surface area (Å²) in [6.45, 7) is 0. The lowest BCUT2D eigenvalue weighted by molar-refractivity contribution is 0.536. The molecule has 5 heteroatoms. The Morgan fingerprint density at radius 2 is 1.91 bits per heavy atom. The molecule has 0 atom stereocenters. The molecule has 0 saturated heterocycles. The fourth-order valence-corrected chi connectivity index (χ4v) is 1.11. The highest BCUT2D eigenvalue weighted by molar-refractivity contribution is 8.19. The van der Waals surface area contributed by atoms with Crippen LogP contribution in [0.15, 0.2) is 24.3 Å². The van der Waals surface area contributed by atoms with Gasteiger partial charge in [-0.15, -0.1) is 0 Å². The van der Waals surface area contributed by atoms with Gasteiger partial charge in [-0.2, -0.15) is 11.2 Å². The van der Waals surface area contributed by atoms with Crippen LogP contribution in [0.2, 0.25) is 0 Å². The van der Waals surface area contributed by atoms with Gasteiger partial charge in [0, 0.05) is 5.69 Å². The Morgan fingerprint density at radius 3 is 2.36 bits per heavy atom. The van der Waals surface area contributed by atoms with E-state index in [0.29, 0.717) is 11.4 Å². The van der Waals surface area contributed by atoms with E-state index in [2.05, 4.69) is 11.2 Å². The first-order chi connectivity index (χ1) is 5.18. The zero-order valence-electron chi connectivity index (χ0n) is 5.52. The minimum atomic E-state index is -1.68. The first-order valence-corrected chi connectivity index (χ1v) is 4.81. The predicted octanol–water partition coefficient (Wildman–Crippen LogP) is 0.988. The van der Waals surface area contributed by atoms with Crippen molar-refractivity contribution in [1.82, 2.24) is 0 Å². The summed E-state index contributed by atoms with van der Waals surface area (Å²) >= 11 is 4.31. The van der Waals surface area contributed by atoms with Crippen molar-refractivity contribution >= 4 is 26.5 Å². The lowest BCUT2D eigenvalue weighted by Gasteiger charge is -2.05. The topological polar surface area (TPSA) is 52.3 Å². The van der Waals surface area contributed by atoms with Crippen LogP contribution in [0.4, 0.5) is 5.69 Å². The SMILES string of the molecule is Nc1ccc(O[S-](=O)=S)cc1. The average molecular weight is 188 g/mol. The van der Waals surface area contributed by atoms with Crippen LogP contribution in [-0.2, 0) is 25.0 Å². The van der Waals surface area contributed by atoms with Gasteiger partial charge < -0.3 is 14.1 Å². The number of anilines is 1. The van der Waals surface area contributed by atoms with E-state index in [1.54, 1.807) is 24.3 Å². The van der Waals surface area contributed by atoms with Crippen molar-refractivity contribution in [3.63, 3.8) is 0 Å². The van der Waals surface area contributed by atoms with E-state index < -0.39 is 9.64 Å². The molecule has 0 unspecified atom stereocenters. The molecule has 1 aromatic carbocycles. The summed E-state index contributed by atoms with van der Waals surface area (Å²) in [5, 5.41) is 0. The Hall–Kier alpha value is -0.810. The molecule has 0 radical (unpaired) electrons. The van der Waals surface area contributed by atoms with E-state index in [1.165, 1.54) is 0 Å². The normalized spacial score (nSPS) is 9.91. The van der Waals surface area contributed by atoms with Crippen LogP contribution in [-0.4, -0.2) is 0 Å². The Morgan fingerprint density at radius 1 is 1.36 bits per heavy atom. The molecule has 11 heavy (non-hydrogen) atoms. The zero-order valence-corrected chi connectivity index (χ0v) is 7.15. The third kappa shape index (κ3) is 2.73. The van der Waals surface area contributed by atoms with E-state index in [4.69, 9.17) is 9.92 Å². The minimum absolute atomic E-state index is 0.465. The van der Waals surface area contributed by atoms with Crippen LogP contribution in [0.25, 0.3) is 0 Å². The highest BCUT2D eigenvalue weighted by atomic mass is 32.8. The molecule has 0 aliphatic rings. The Kier molecular flexibility index (Phi) is 2.67. The molecule has 0 aliphatic carbocycles. The van der Waals surface area contributed by atoms with Gasteiger partial charge >= 0.3 is 0 Å². The van der Waals surface area contributed by atoms with Crippen molar-refractivity contribution in [1.29, 1.82) is 0 Å². The minimum Gasteiger partial charge on any atom is -0.551 e. The molecule has 1 aromatic rings. The fraction of sp³-hybridized carbons (Fsp3) is 0. The Labute approximate surface area is 71.1 Å². The van der Waals surface area contributed by atoms with Crippen LogP contribution in [0, 0.1) is 0 Å². The molecule has 0 aromatic heterocycles. The monoisotopic (exact) mass is 188 g/mol. The number of nitrogens with two attached hydrogens (primary N) is 1. The highest BCUT2D eigenvalue weighted by Gasteiger charge is 1.86. The molecule has 0 aliphatic heterocycles. The van der Waals surface area contributed by atoms with Gasteiger partial charge in [0.05, 0.1) is 0 Å². The smallest absolute Gasteiger partial charge is 0.100 e. The number of benzene rings is 1. The Bertz CT molecular complexity index is 297. The van der Waals surface area contributed by atoms with Crippen LogP contribution in [0.3, 0.4) is 0 Å². The van der Waals surface area contributed by atoms with Crippen molar-refractivity contribution in [2.24, 2.45) is 0 Å². The Balaban J connectivity index is 2.82. The van der Waals surface area contributed by atoms with Crippen molar-refractivity contribution in [2.75, 3.05) is 5.73 Å². The predicted molar refractivity (Wildman–Crippen MR) is 46.9 cm³/mol. The summed E-state index contributed by atoms with van der Waals surface area (Å²) in [4.78, 5) is 0. The van der Waals surface area contributed by atoms with E-state index in [0.717, 1.165) is 0 Å². The molecule has 0 spiro atoms. The molecule has 0 bridgehead atoms. The molecular weight excluding hydrogens is 182 g/mol. The molecule has 0 heterocycles. The van der Waals surface area contributed by atoms with Gasteiger partial charge in [0.15, 0.2) is 0 Å². The summed E-state index contributed by atoms with van der Waals surface area (Å²) in [6.07, 6.45) is 0. The van der Waals surface area contributed by atoms with Crippen LogP contribution in [0.1, 0.15) is 0 Å². The second-order valence-corrected chi connectivity index (χ2v) is 3.25. The van der Waals surface area contributed by atoms with E-state index in [9.17, 15) is 4.21 Å². The van der Waals surface area contributed by atoms with Crippen molar-refractivity contribution in [2.45, 2.75) is 0 Å².